The van der Waals surface area contributed by atoms with Gasteiger partial charge in [0.05, 0.1) is 12.0 Å². The standard InChI is InChI=1S/C6H11ClO5/c7-3-4(9)2(1-8)12-6(11)5(3)10/h2-6,8-11H,1H2/t2-,3-,4-,5+,6-/m1/s1. The van der Waals surface area contributed by atoms with E-state index in [-0.39, 0.29) is 0 Å². The second kappa shape index (κ2) is 3.87. The van der Waals surface area contributed by atoms with Crippen LogP contribution in [0.25, 0.3) is 0 Å². The van der Waals surface area contributed by atoms with E-state index in [1.807, 2.05) is 0 Å². The van der Waals surface area contributed by atoms with Crippen molar-refractivity contribution in [1.29, 1.82) is 0 Å². The molecule has 1 rings (SSSR count). The van der Waals surface area contributed by atoms with Crippen molar-refractivity contribution in [2.45, 2.75) is 30.0 Å². The highest BCUT2D eigenvalue weighted by Gasteiger charge is 2.42. The highest BCUT2D eigenvalue weighted by atomic mass is 35.5. The number of hydrogen-bond donors (Lipinski definition) is 4. The molecule has 4 N–H and O–H groups in total. The Kier molecular flexibility index (Phi) is 3.28. The molecule has 0 amide bonds. The topological polar surface area (TPSA) is 90.2 Å². The minimum Gasteiger partial charge on any atom is -0.394 e. The van der Waals surface area contributed by atoms with E-state index < -0.39 is 36.6 Å². The lowest BCUT2D eigenvalue weighted by atomic mass is 10.0. The summed E-state index contributed by atoms with van der Waals surface area (Å²) in [5, 5.41) is 34.9. The maximum Gasteiger partial charge on any atom is 0.182 e. The molecule has 72 valence electrons. The van der Waals surface area contributed by atoms with Crippen LogP contribution < -0.4 is 0 Å². The molecular weight excluding hydrogens is 188 g/mol. The molecule has 1 aliphatic rings. The number of hydrogen-bond acceptors (Lipinski definition) is 5. The minimum atomic E-state index is -1.45. The Labute approximate surface area is 74.2 Å². The van der Waals surface area contributed by atoms with Gasteiger partial charge in [0.1, 0.15) is 18.3 Å². The van der Waals surface area contributed by atoms with Gasteiger partial charge in [0, 0.05) is 0 Å². The van der Waals surface area contributed by atoms with Crippen LogP contribution in [0.1, 0.15) is 0 Å². The fraction of sp³-hybridized carbons (Fsp3) is 1.00. The fourth-order valence-corrected chi connectivity index (χ4v) is 1.34. The predicted molar refractivity (Wildman–Crippen MR) is 39.6 cm³/mol. The molecule has 5 atom stereocenters. The van der Waals surface area contributed by atoms with Crippen molar-refractivity contribution in [3.05, 3.63) is 0 Å². The maximum atomic E-state index is 9.24. The van der Waals surface area contributed by atoms with Crippen LogP contribution >= 0.6 is 11.6 Å². The van der Waals surface area contributed by atoms with E-state index in [1.54, 1.807) is 0 Å². The van der Waals surface area contributed by atoms with Crippen LogP contribution in [0.15, 0.2) is 0 Å². The van der Waals surface area contributed by atoms with Gasteiger partial charge in [-0.15, -0.1) is 11.6 Å². The van der Waals surface area contributed by atoms with Crippen LogP contribution in [0.4, 0.5) is 0 Å². The lowest BCUT2D eigenvalue weighted by Crippen LogP contribution is -2.56. The molecule has 0 aliphatic carbocycles. The van der Waals surface area contributed by atoms with E-state index in [2.05, 4.69) is 4.74 Å². The van der Waals surface area contributed by atoms with E-state index in [1.165, 1.54) is 0 Å². The summed E-state index contributed by atoms with van der Waals surface area (Å²) in [4.78, 5) is 0. The van der Waals surface area contributed by atoms with Gasteiger partial charge in [0.15, 0.2) is 6.29 Å². The summed E-state index contributed by atoms with van der Waals surface area (Å²) in [5.41, 5.74) is 0. The molecule has 0 aromatic rings. The summed E-state index contributed by atoms with van der Waals surface area (Å²) < 4.78 is 4.65. The molecule has 0 aromatic carbocycles. The van der Waals surface area contributed by atoms with Crippen molar-refractivity contribution in [3.63, 3.8) is 0 Å². The Bertz CT molecular complexity index is 150. The SMILES string of the molecule is OC[C@H]1O[C@@H](O)[C@@H](O)[C@H](Cl)[C@@H]1O. The largest absolute Gasteiger partial charge is 0.394 e. The van der Waals surface area contributed by atoms with E-state index in [0.29, 0.717) is 0 Å². The monoisotopic (exact) mass is 198 g/mol. The highest BCUT2D eigenvalue weighted by Crippen LogP contribution is 2.23. The van der Waals surface area contributed by atoms with E-state index >= 15 is 0 Å². The average molecular weight is 199 g/mol. The number of aliphatic hydroxyl groups excluding tert-OH is 4. The Morgan fingerprint density at radius 3 is 2.25 bits per heavy atom. The number of halogens is 1. The van der Waals surface area contributed by atoms with Gasteiger partial charge in [-0.25, -0.2) is 0 Å². The molecule has 1 heterocycles. The van der Waals surface area contributed by atoms with Gasteiger partial charge in [-0.05, 0) is 0 Å². The van der Waals surface area contributed by atoms with Crippen molar-refractivity contribution < 1.29 is 25.2 Å². The van der Waals surface area contributed by atoms with Crippen molar-refractivity contribution >= 4 is 11.6 Å². The molecule has 1 fully saturated rings. The average Bonchev–Trinajstić information content (AvgIpc) is 2.08. The van der Waals surface area contributed by atoms with Crippen LogP contribution in [-0.2, 0) is 4.74 Å². The zero-order chi connectivity index (χ0) is 9.30. The van der Waals surface area contributed by atoms with Gasteiger partial charge in [-0.3, -0.25) is 0 Å². The van der Waals surface area contributed by atoms with Gasteiger partial charge in [0.25, 0.3) is 0 Å². The quantitative estimate of drug-likeness (QED) is 0.367. The van der Waals surface area contributed by atoms with Crippen LogP contribution in [0, 0.1) is 0 Å². The third-order valence-corrected chi connectivity index (χ3v) is 2.34. The number of alkyl halides is 1. The van der Waals surface area contributed by atoms with Gasteiger partial charge in [0.2, 0.25) is 0 Å². The van der Waals surface area contributed by atoms with Crippen LogP contribution in [0.2, 0.25) is 0 Å². The van der Waals surface area contributed by atoms with Crippen LogP contribution in [0.5, 0.6) is 0 Å². The van der Waals surface area contributed by atoms with Gasteiger partial charge < -0.3 is 25.2 Å². The number of ether oxygens (including phenoxy) is 1. The van der Waals surface area contributed by atoms with Crippen LogP contribution in [-0.4, -0.2) is 57.0 Å². The first-order chi connectivity index (χ1) is 5.57. The molecule has 12 heavy (non-hydrogen) atoms. The van der Waals surface area contributed by atoms with E-state index in [0.717, 1.165) is 0 Å². The molecule has 1 saturated heterocycles. The number of rotatable bonds is 1. The Hall–Kier alpha value is 0.0900. The maximum absolute atomic E-state index is 9.24. The molecule has 0 spiro atoms. The summed E-state index contributed by atoms with van der Waals surface area (Å²) in [7, 11) is 0. The second-order valence-electron chi connectivity index (χ2n) is 2.67. The summed E-state index contributed by atoms with van der Waals surface area (Å²) in [5.74, 6) is 0. The first-order valence-corrected chi connectivity index (χ1v) is 3.96. The normalized spacial score (nSPS) is 49.2. The summed E-state index contributed by atoms with van der Waals surface area (Å²) in [6, 6.07) is 0. The van der Waals surface area contributed by atoms with Crippen molar-refractivity contribution in [3.8, 4) is 0 Å². The smallest absolute Gasteiger partial charge is 0.182 e. The second-order valence-corrected chi connectivity index (χ2v) is 3.18. The molecule has 0 radical (unpaired) electrons. The number of aliphatic hydroxyl groups is 4. The predicted octanol–water partition coefficient (Wildman–Crippen LogP) is -1.97. The molecule has 0 bridgehead atoms. The zero-order valence-electron chi connectivity index (χ0n) is 6.17. The lowest BCUT2D eigenvalue weighted by Gasteiger charge is -2.37. The molecule has 1 aliphatic heterocycles. The Morgan fingerprint density at radius 2 is 1.75 bits per heavy atom. The fourth-order valence-electron chi connectivity index (χ4n) is 1.06. The minimum absolute atomic E-state index is 0.450. The van der Waals surface area contributed by atoms with Gasteiger partial charge in [-0.1, -0.05) is 0 Å². The summed E-state index contributed by atoms with van der Waals surface area (Å²) in [6.45, 7) is -0.450. The third kappa shape index (κ3) is 1.71. The van der Waals surface area contributed by atoms with E-state index in [4.69, 9.17) is 26.9 Å². The van der Waals surface area contributed by atoms with Crippen molar-refractivity contribution in [2.75, 3.05) is 6.61 Å². The van der Waals surface area contributed by atoms with E-state index in [9.17, 15) is 5.11 Å². The molecule has 0 aromatic heterocycles. The molecule has 5 nitrogen and oxygen atoms in total. The molecule has 6 heteroatoms. The first-order valence-electron chi connectivity index (χ1n) is 3.52. The molecule has 0 saturated carbocycles. The van der Waals surface area contributed by atoms with Crippen LogP contribution in [0.3, 0.4) is 0 Å². The Balaban J connectivity index is 2.63. The third-order valence-electron chi connectivity index (χ3n) is 1.82. The molecule has 0 unspecified atom stereocenters. The summed E-state index contributed by atoms with van der Waals surface area (Å²) >= 11 is 5.53. The lowest BCUT2D eigenvalue weighted by molar-refractivity contribution is -0.249. The molecular formula is C6H11ClO5. The summed E-state index contributed by atoms with van der Waals surface area (Å²) in [6.07, 6.45) is -4.89. The van der Waals surface area contributed by atoms with Crippen molar-refractivity contribution in [2.24, 2.45) is 0 Å². The first kappa shape index (κ1) is 10.2. The Morgan fingerprint density at radius 1 is 1.17 bits per heavy atom. The van der Waals surface area contributed by atoms with Gasteiger partial charge in [-0.2, -0.15) is 0 Å². The van der Waals surface area contributed by atoms with Gasteiger partial charge >= 0.3 is 0 Å². The van der Waals surface area contributed by atoms with Crippen molar-refractivity contribution in [1.82, 2.24) is 0 Å². The highest BCUT2D eigenvalue weighted by molar-refractivity contribution is 6.21. The zero-order valence-corrected chi connectivity index (χ0v) is 6.92.